The monoisotopic (exact) mass is 442 g/mol. The minimum absolute atomic E-state index is 1.03. The van der Waals surface area contributed by atoms with E-state index in [0.717, 1.165) is 6.42 Å². The molecule has 0 fully saturated rings. The summed E-state index contributed by atoms with van der Waals surface area (Å²) in [7, 11) is 0. The maximum absolute atomic E-state index is 2.16. The van der Waals surface area contributed by atoms with Gasteiger partial charge in [-0.2, -0.15) is 0 Å². The lowest BCUT2D eigenvalue weighted by molar-refractivity contribution is 1.19. The van der Waals surface area contributed by atoms with Crippen LogP contribution < -0.4 is 0 Å². The van der Waals surface area contributed by atoms with Crippen LogP contribution in [0.1, 0.15) is 66.5 Å². The molecule has 0 radical (unpaired) electrons. The first kappa shape index (κ1) is 32.1. The van der Waals surface area contributed by atoms with E-state index in [1.807, 2.05) is 67.5 Å². The molecule has 0 saturated carbocycles. The molecule has 0 N–H and O–H groups in total. The molecule has 0 aliphatic heterocycles. The number of hydrogen-bond donors (Lipinski definition) is 0. The Labute approximate surface area is 205 Å². The largest absolute Gasteiger partial charge is 0.0683 e. The lowest BCUT2D eigenvalue weighted by atomic mass is 10.1. The number of rotatable bonds is 3. The third-order valence-corrected chi connectivity index (χ3v) is 3.97. The summed E-state index contributed by atoms with van der Waals surface area (Å²) in [6.07, 6.45) is 1.03. The minimum Gasteiger partial charge on any atom is -0.0683 e. The topological polar surface area (TPSA) is 0 Å². The smallest absolute Gasteiger partial charge is 0.00258 e. The summed E-state index contributed by atoms with van der Waals surface area (Å²) in [5, 5.41) is 0. The molecule has 0 atom stereocenters. The summed E-state index contributed by atoms with van der Waals surface area (Å²) < 4.78 is 0. The van der Waals surface area contributed by atoms with Gasteiger partial charge in [0.05, 0.1) is 0 Å². The Balaban J connectivity index is 0. The van der Waals surface area contributed by atoms with E-state index in [9.17, 15) is 0 Å². The van der Waals surface area contributed by atoms with E-state index in [-0.39, 0.29) is 0 Å². The van der Waals surface area contributed by atoms with Gasteiger partial charge in [0.1, 0.15) is 0 Å². The lowest BCUT2D eigenvalue weighted by Crippen LogP contribution is -1.85. The van der Waals surface area contributed by atoms with Crippen molar-refractivity contribution in [1.29, 1.82) is 0 Å². The Kier molecular flexibility index (Phi) is 24.4. The van der Waals surface area contributed by atoms with Crippen molar-refractivity contribution in [3.05, 3.63) is 132 Å². The predicted molar refractivity (Wildman–Crippen MR) is 153 cm³/mol. The highest BCUT2D eigenvalue weighted by molar-refractivity contribution is 5.62. The summed E-state index contributed by atoms with van der Waals surface area (Å²) in [6, 6.07) is 41.8. The molecule has 0 amide bonds. The van der Waals surface area contributed by atoms with Gasteiger partial charge >= 0.3 is 0 Å². The van der Waals surface area contributed by atoms with Gasteiger partial charge in [-0.25, -0.2) is 0 Å². The standard InChI is InChI=1S/C13H12.C12H10.4C2H6/c1-3-7-12(8-4-1)11-13-9-5-2-6-10-13;1-3-7-11(8-4-1)12-9-5-2-6-10-12;4*1-2/h1-10H,11H2;1-10H;4*1-2H3. The molecule has 4 rings (SSSR count). The molecular weight excluding hydrogens is 396 g/mol. The van der Waals surface area contributed by atoms with Crippen LogP contribution in [-0.4, -0.2) is 0 Å². The van der Waals surface area contributed by atoms with Crippen molar-refractivity contribution in [3.8, 4) is 11.1 Å². The molecule has 33 heavy (non-hydrogen) atoms. The summed E-state index contributed by atoms with van der Waals surface area (Å²) in [4.78, 5) is 0. The molecule has 0 nitrogen and oxygen atoms in total. The maximum Gasteiger partial charge on any atom is -0.00258 e. The molecule has 0 aromatic heterocycles. The third-order valence-electron chi connectivity index (χ3n) is 3.97. The van der Waals surface area contributed by atoms with Crippen LogP contribution in [0.3, 0.4) is 0 Å². The van der Waals surface area contributed by atoms with Gasteiger partial charge in [-0.3, -0.25) is 0 Å². The van der Waals surface area contributed by atoms with Crippen LogP contribution in [-0.2, 0) is 6.42 Å². The van der Waals surface area contributed by atoms with Crippen LogP contribution in [0, 0.1) is 0 Å². The molecule has 0 bridgehead atoms. The summed E-state index contributed by atoms with van der Waals surface area (Å²) >= 11 is 0. The van der Waals surface area contributed by atoms with E-state index in [4.69, 9.17) is 0 Å². The first-order valence-electron chi connectivity index (χ1n) is 12.6. The van der Waals surface area contributed by atoms with Crippen molar-refractivity contribution in [2.45, 2.75) is 61.8 Å². The fourth-order valence-electron chi connectivity index (χ4n) is 2.69. The second-order valence-corrected chi connectivity index (χ2v) is 5.88. The zero-order valence-electron chi connectivity index (χ0n) is 22.3. The predicted octanol–water partition coefficient (Wildman–Crippen LogP) is 10.7. The van der Waals surface area contributed by atoms with E-state index >= 15 is 0 Å². The first-order chi connectivity index (χ1) is 16.4. The van der Waals surface area contributed by atoms with E-state index in [2.05, 4.69) is 109 Å². The van der Waals surface area contributed by atoms with Crippen LogP contribution in [0.2, 0.25) is 0 Å². The maximum atomic E-state index is 2.16. The number of benzene rings is 4. The van der Waals surface area contributed by atoms with Crippen molar-refractivity contribution in [2.75, 3.05) is 0 Å². The van der Waals surface area contributed by atoms with Gasteiger partial charge in [0, 0.05) is 0 Å². The summed E-state index contributed by atoms with van der Waals surface area (Å²) in [5.74, 6) is 0. The Morgan fingerprint density at radius 2 is 0.515 bits per heavy atom. The average molecular weight is 443 g/mol. The van der Waals surface area contributed by atoms with Gasteiger partial charge in [0.15, 0.2) is 0 Å². The molecule has 4 aromatic rings. The highest BCUT2D eigenvalue weighted by Gasteiger charge is 1.93. The first-order valence-corrected chi connectivity index (χ1v) is 12.6. The normalized spacial score (nSPS) is 8.12. The molecule has 0 spiro atoms. The van der Waals surface area contributed by atoms with Gasteiger partial charge in [-0.05, 0) is 28.7 Å². The molecular formula is C33H46. The van der Waals surface area contributed by atoms with Crippen molar-refractivity contribution in [1.82, 2.24) is 0 Å². The SMILES string of the molecule is CC.CC.CC.CC.c1ccc(-c2ccccc2)cc1.c1ccc(Cc2ccccc2)cc1. The molecule has 0 saturated heterocycles. The highest BCUT2D eigenvalue weighted by atomic mass is 14.0. The van der Waals surface area contributed by atoms with Crippen LogP contribution in [0.15, 0.2) is 121 Å². The van der Waals surface area contributed by atoms with Crippen LogP contribution in [0.5, 0.6) is 0 Å². The van der Waals surface area contributed by atoms with E-state index in [0.29, 0.717) is 0 Å². The van der Waals surface area contributed by atoms with Crippen LogP contribution in [0.25, 0.3) is 11.1 Å². The van der Waals surface area contributed by atoms with Crippen molar-refractivity contribution in [3.63, 3.8) is 0 Å². The number of hydrogen-bond acceptors (Lipinski definition) is 0. The van der Waals surface area contributed by atoms with E-state index < -0.39 is 0 Å². The lowest BCUT2D eigenvalue weighted by Gasteiger charge is -2.00. The van der Waals surface area contributed by atoms with Crippen molar-refractivity contribution in [2.24, 2.45) is 0 Å². The molecule has 0 aliphatic carbocycles. The van der Waals surface area contributed by atoms with Crippen LogP contribution >= 0.6 is 0 Å². The Morgan fingerprint density at radius 1 is 0.303 bits per heavy atom. The fraction of sp³-hybridized carbons (Fsp3) is 0.273. The fourth-order valence-corrected chi connectivity index (χ4v) is 2.69. The molecule has 0 heterocycles. The van der Waals surface area contributed by atoms with E-state index in [1.165, 1.54) is 22.3 Å². The minimum atomic E-state index is 1.03. The molecule has 0 unspecified atom stereocenters. The van der Waals surface area contributed by atoms with Gasteiger partial charge in [-0.15, -0.1) is 0 Å². The molecule has 0 heteroatoms. The molecule has 0 aliphatic rings. The quantitative estimate of drug-likeness (QED) is 0.296. The van der Waals surface area contributed by atoms with Crippen LogP contribution in [0.4, 0.5) is 0 Å². The Hall–Kier alpha value is -3.12. The van der Waals surface area contributed by atoms with Gasteiger partial charge in [0.25, 0.3) is 0 Å². The Bertz CT molecular complexity index is 760. The zero-order chi connectivity index (χ0) is 25.2. The highest BCUT2D eigenvalue weighted by Crippen LogP contribution is 2.17. The second kappa shape index (κ2) is 25.1. The van der Waals surface area contributed by atoms with E-state index in [1.54, 1.807) is 0 Å². The van der Waals surface area contributed by atoms with Gasteiger partial charge in [-0.1, -0.05) is 177 Å². The van der Waals surface area contributed by atoms with Gasteiger partial charge < -0.3 is 0 Å². The summed E-state index contributed by atoms with van der Waals surface area (Å²) in [6.45, 7) is 16.0. The second-order valence-electron chi connectivity index (χ2n) is 5.88. The van der Waals surface area contributed by atoms with Crippen molar-refractivity contribution < 1.29 is 0 Å². The van der Waals surface area contributed by atoms with Gasteiger partial charge in [0.2, 0.25) is 0 Å². The Morgan fingerprint density at radius 3 is 0.758 bits per heavy atom. The summed E-state index contributed by atoms with van der Waals surface area (Å²) in [5.41, 5.74) is 5.29. The zero-order valence-corrected chi connectivity index (χ0v) is 22.3. The molecule has 4 aromatic carbocycles. The average Bonchev–Trinajstić information content (AvgIpc) is 2.96. The third kappa shape index (κ3) is 15.3. The van der Waals surface area contributed by atoms with Crippen molar-refractivity contribution >= 4 is 0 Å². The molecule has 178 valence electrons.